The molecule has 0 radical (unpaired) electrons. The summed E-state index contributed by atoms with van der Waals surface area (Å²) in [4.78, 5) is 11.6. The van der Waals surface area contributed by atoms with Crippen LogP contribution in [-0.2, 0) is 0 Å². The molecule has 0 bridgehead atoms. The fourth-order valence-corrected chi connectivity index (χ4v) is 4.58. The first-order valence-corrected chi connectivity index (χ1v) is 8.99. The number of nitrogens with zero attached hydrogens (tertiary/aromatic N) is 2. The number of aromatic nitrogens is 2. The molecule has 0 atom stereocenters. The van der Waals surface area contributed by atoms with Crippen LogP contribution in [0.3, 0.4) is 0 Å². The average Bonchev–Trinajstić information content (AvgIpc) is 3.07. The van der Waals surface area contributed by atoms with Crippen LogP contribution in [0.1, 0.15) is 19.8 Å². The Balaban J connectivity index is 1.87. The van der Waals surface area contributed by atoms with E-state index in [0.29, 0.717) is 0 Å². The van der Waals surface area contributed by atoms with E-state index in [9.17, 15) is 0 Å². The van der Waals surface area contributed by atoms with Crippen molar-refractivity contribution in [2.24, 2.45) is 0 Å². The molecule has 19 heavy (non-hydrogen) atoms. The van der Waals surface area contributed by atoms with Crippen molar-refractivity contribution in [1.29, 1.82) is 0 Å². The maximum atomic E-state index is 4.72. The first-order valence-electron chi connectivity index (χ1n) is 6.31. The van der Waals surface area contributed by atoms with E-state index in [4.69, 9.17) is 4.98 Å². The minimum atomic E-state index is 1.02. The predicted molar refractivity (Wildman–Crippen MR) is 86.4 cm³/mol. The molecule has 0 aliphatic rings. The molecule has 0 aromatic carbocycles. The Morgan fingerprint density at radius 2 is 2.16 bits per heavy atom. The van der Waals surface area contributed by atoms with Crippen LogP contribution in [0, 0.1) is 0 Å². The van der Waals surface area contributed by atoms with Gasteiger partial charge in [-0.05, 0) is 30.0 Å². The Kier molecular flexibility index (Phi) is 4.15. The van der Waals surface area contributed by atoms with Crippen molar-refractivity contribution in [2.75, 3.05) is 5.75 Å². The second-order valence-corrected chi connectivity index (χ2v) is 7.45. The van der Waals surface area contributed by atoms with Crippen LogP contribution >= 0.6 is 34.4 Å². The highest BCUT2D eigenvalue weighted by atomic mass is 32.2. The van der Waals surface area contributed by atoms with Crippen molar-refractivity contribution in [3.8, 4) is 10.6 Å². The summed E-state index contributed by atoms with van der Waals surface area (Å²) in [7, 11) is 0. The van der Waals surface area contributed by atoms with E-state index in [2.05, 4.69) is 41.6 Å². The van der Waals surface area contributed by atoms with E-state index in [1.165, 1.54) is 17.7 Å². The lowest BCUT2D eigenvalue weighted by Gasteiger charge is -1.94. The number of thiazole rings is 1. The molecule has 3 rings (SSSR count). The average molecular weight is 306 g/mol. The summed E-state index contributed by atoms with van der Waals surface area (Å²) in [5.41, 5.74) is 2.07. The molecule has 2 nitrogen and oxygen atoms in total. The van der Waals surface area contributed by atoms with E-state index in [1.54, 1.807) is 22.7 Å². The second-order valence-electron chi connectivity index (χ2n) is 4.18. The highest BCUT2D eigenvalue weighted by molar-refractivity contribution is 8.01. The third-order valence-electron chi connectivity index (χ3n) is 2.73. The van der Waals surface area contributed by atoms with Gasteiger partial charge in [-0.1, -0.05) is 42.5 Å². The molecule has 3 aromatic rings. The molecule has 0 aliphatic carbocycles. The topological polar surface area (TPSA) is 25.8 Å². The molecule has 0 N–H and O–H groups in total. The molecule has 0 aliphatic heterocycles. The molecule has 0 fully saturated rings. The number of pyridine rings is 1. The summed E-state index contributed by atoms with van der Waals surface area (Å²) in [6, 6.07) is 8.31. The molecule has 5 heteroatoms. The Morgan fingerprint density at radius 3 is 2.95 bits per heavy atom. The minimum Gasteiger partial charge on any atom is -0.234 e. The normalized spacial score (nSPS) is 11.2. The predicted octanol–water partition coefficient (Wildman–Crippen LogP) is 5.31. The van der Waals surface area contributed by atoms with Gasteiger partial charge in [-0.3, -0.25) is 0 Å². The molecule has 0 spiro atoms. The van der Waals surface area contributed by atoms with Gasteiger partial charge in [-0.15, -0.1) is 11.3 Å². The number of fused-ring (bicyclic) bond motifs is 1. The Hall–Kier alpha value is -0.910. The van der Waals surface area contributed by atoms with Crippen molar-refractivity contribution >= 4 is 44.8 Å². The van der Waals surface area contributed by atoms with E-state index >= 15 is 0 Å². The lowest BCUT2D eigenvalue weighted by atomic mass is 10.3. The second kappa shape index (κ2) is 6.03. The van der Waals surface area contributed by atoms with Gasteiger partial charge in [-0.2, -0.15) is 0 Å². The number of thiophene rings is 1. The summed E-state index contributed by atoms with van der Waals surface area (Å²) < 4.78 is 1.14. The molecule has 0 amide bonds. The van der Waals surface area contributed by atoms with Crippen LogP contribution in [0.5, 0.6) is 0 Å². The smallest absolute Gasteiger partial charge is 0.152 e. The molecule has 3 heterocycles. The maximum absolute atomic E-state index is 4.72. The number of hydrogen-bond donors (Lipinski definition) is 0. The van der Waals surface area contributed by atoms with Gasteiger partial charge >= 0.3 is 0 Å². The van der Waals surface area contributed by atoms with Crippen molar-refractivity contribution in [2.45, 2.75) is 24.1 Å². The summed E-state index contributed by atoms with van der Waals surface area (Å²) in [6.45, 7) is 2.22. The van der Waals surface area contributed by atoms with Crippen molar-refractivity contribution in [3.05, 3.63) is 29.6 Å². The molecular weight excluding hydrogens is 292 g/mol. The molecule has 3 aromatic heterocycles. The van der Waals surface area contributed by atoms with Gasteiger partial charge < -0.3 is 0 Å². The summed E-state index contributed by atoms with van der Waals surface area (Å²) in [5.74, 6) is 1.15. The fraction of sp³-hybridized carbons (Fsp3) is 0.286. The lowest BCUT2D eigenvalue weighted by molar-refractivity contribution is 0.896. The zero-order valence-corrected chi connectivity index (χ0v) is 13.1. The Morgan fingerprint density at radius 1 is 1.21 bits per heavy atom. The van der Waals surface area contributed by atoms with Gasteiger partial charge in [-0.25, -0.2) is 9.97 Å². The Labute approximate surface area is 124 Å². The number of thioether (sulfide) groups is 1. The number of hydrogen-bond acceptors (Lipinski definition) is 5. The number of unbranched alkanes of at least 4 members (excludes halogenated alkanes) is 1. The van der Waals surface area contributed by atoms with Gasteiger partial charge in [0.15, 0.2) is 4.34 Å². The third-order valence-corrected chi connectivity index (χ3v) is 5.82. The van der Waals surface area contributed by atoms with Gasteiger partial charge in [0.05, 0.1) is 10.6 Å². The first kappa shape index (κ1) is 13.1. The van der Waals surface area contributed by atoms with Gasteiger partial charge in [0.1, 0.15) is 10.3 Å². The summed E-state index contributed by atoms with van der Waals surface area (Å²) >= 11 is 5.27. The lowest BCUT2D eigenvalue weighted by Crippen LogP contribution is -1.79. The van der Waals surface area contributed by atoms with E-state index in [0.717, 1.165) is 26.1 Å². The van der Waals surface area contributed by atoms with Crippen LogP contribution in [0.15, 0.2) is 34.0 Å². The van der Waals surface area contributed by atoms with Crippen molar-refractivity contribution < 1.29 is 0 Å². The van der Waals surface area contributed by atoms with Crippen LogP contribution in [0.25, 0.3) is 20.9 Å². The van der Waals surface area contributed by atoms with E-state index < -0.39 is 0 Å². The summed E-state index contributed by atoms with van der Waals surface area (Å²) in [5, 5.41) is 2.08. The van der Waals surface area contributed by atoms with Gasteiger partial charge in [0.2, 0.25) is 0 Å². The first-order chi connectivity index (χ1) is 9.36. The Bertz CT molecular complexity index is 658. The van der Waals surface area contributed by atoms with E-state index in [-0.39, 0.29) is 0 Å². The standard InChI is InChI=1S/C14H14N2S3/c1-2-3-8-18-14-16-11-7-6-10(15-13(11)19-14)12-5-4-9-17-12/h4-7,9H,2-3,8H2,1H3. The van der Waals surface area contributed by atoms with Crippen LogP contribution in [0.2, 0.25) is 0 Å². The van der Waals surface area contributed by atoms with Crippen molar-refractivity contribution in [1.82, 2.24) is 9.97 Å². The van der Waals surface area contributed by atoms with Crippen LogP contribution in [0.4, 0.5) is 0 Å². The quantitative estimate of drug-likeness (QED) is 0.472. The minimum absolute atomic E-state index is 1.02. The zero-order valence-electron chi connectivity index (χ0n) is 10.6. The largest absolute Gasteiger partial charge is 0.234 e. The molecule has 0 saturated carbocycles. The highest BCUT2D eigenvalue weighted by Gasteiger charge is 2.08. The highest BCUT2D eigenvalue weighted by Crippen LogP contribution is 2.31. The van der Waals surface area contributed by atoms with Crippen LogP contribution in [-0.4, -0.2) is 15.7 Å². The SMILES string of the molecule is CCCCSc1nc2ccc(-c3cccs3)nc2s1. The van der Waals surface area contributed by atoms with Gasteiger partial charge in [0.25, 0.3) is 0 Å². The molecular formula is C14H14N2S3. The van der Waals surface area contributed by atoms with Gasteiger partial charge in [0, 0.05) is 5.75 Å². The molecule has 98 valence electrons. The maximum Gasteiger partial charge on any atom is 0.152 e. The zero-order chi connectivity index (χ0) is 13.1. The third kappa shape index (κ3) is 2.99. The summed E-state index contributed by atoms with van der Waals surface area (Å²) in [6.07, 6.45) is 2.48. The fourth-order valence-electron chi connectivity index (χ4n) is 1.72. The van der Waals surface area contributed by atoms with Crippen LogP contribution < -0.4 is 0 Å². The molecule has 0 unspecified atom stereocenters. The van der Waals surface area contributed by atoms with E-state index in [1.807, 2.05) is 11.8 Å². The number of rotatable bonds is 5. The monoisotopic (exact) mass is 306 g/mol. The molecule has 0 saturated heterocycles. The van der Waals surface area contributed by atoms with Crippen molar-refractivity contribution in [3.63, 3.8) is 0 Å².